The van der Waals surface area contributed by atoms with E-state index < -0.39 is 5.97 Å². The number of allylic oxidation sites excluding steroid dienone is 4. The van der Waals surface area contributed by atoms with Crippen LogP contribution < -0.4 is 0 Å². The Morgan fingerprint density at radius 1 is 1.38 bits per heavy atom. The first-order valence-corrected chi connectivity index (χ1v) is 5.12. The molecule has 0 saturated heterocycles. The van der Waals surface area contributed by atoms with Gasteiger partial charge in [0.2, 0.25) is 0 Å². The molecule has 0 saturated carbocycles. The van der Waals surface area contributed by atoms with Gasteiger partial charge in [-0.3, -0.25) is 4.79 Å². The van der Waals surface area contributed by atoms with Crippen LogP contribution in [0.1, 0.15) is 27.7 Å². The van der Waals surface area contributed by atoms with E-state index in [9.17, 15) is 9.59 Å². The molecule has 0 radical (unpaired) electrons. The molecule has 1 rings (SSSR count). The van der Waals surface area contributed by atoms with Crippen LogP contribution >= 0.6 is 0 Å². The lowest BCUT2D eigenvalue weighted by Gasteiger charge is -2.14. The maximum atomic E-state index is 11.6. The fourth-order valence-corrected chi connectivity index (χ4v) is 1.35. The summed E-state index contributed by atoms with van der Waals surface area (Å²) >= 11 is 0. The van der Waals surface area contributed by atoms with Gasteiger partial charge in [0.05, 0.1) is 0 Å². The van der Waals surface area contributed by atoms with Gasteiger partial charge in [-0.25, -0.2) is 4.79 Å². The lowest BCUT2D eigenvalue weighted by atomic mass is 9.90. The van der Waals surface area contributed by atoms with Gasteiger partial charge in [-0.1, -0.05) is 19.0 Å². The van der Waals surface area contributed by atoms with E-state index in [-0.39, 0.29) is 11.7 Å². The Bertz CT molecular complexity index is 414. The summed E-state index contributed by atoms with van der Waals surface area (Å²) in [6, 6.07) is 0. The molecule has 4 nitrogen and oxygen atoms in total. The number of nitrogens with zero attached hydrogens (tertiary/aromatic N) is 1. The quantitative estimate of drug-likeness (QED) is 0.407. The molecule has 16 heavy (non-hydrogen) atoms. The van der Waals surface area contributed by atoms with Crippen molar-refractivity contribution in [3.63, 3.8) is 0 Å². The predicted octanol–water partition coefficient (Wildman–Crippen LogP) is 2.02. The molecule has 1 aliphatic rings. The summed E-state index contributed by atoms with van der Waals surface area (Å²) in [6.45, 7) is 6.90. The number of carbonyl (C=O) groups excluding carboxylic acids is 2. The van der Waals surface area contributed by atoms with E-state index >= 15 is 0 Å². The van der Waals surface area contributed by atoms with Gasteiger partial charge in [-0.05, 0) is 30.6 Å². The third-order valence-corrected chi connectivity index (χ3v) is 2.22. The summed E-state index contributed by atoms with van der Waals surface area (Å²) in [4.78, 5) is 26.8. The minimum atomic E-state index is -0.475. The van der Waals surface area contributed by atoms with Crippen molar-refractivity contribution in [2.75, 3.05) is 0 Å². The molecular formula is C12H15NO3. The Balaban J connectivity index is 3.01. The van der Waals surface area contributed by atoms with Gasteiger partial charge < -0.3 is 4.84 Å². The zero-order chi connectivity index (χ0) is 12.3. The second kappa shape index (κ2) is 4.88. The summed E-state index contributed by atoms with van der Waals surface area (Å²) in [7, 11) is 0. The summed E-state index contributed by atoms with van der Waals surface area (Å²) < 4.78 is 0. The van der Waals surface area contributed by atoms with Crippen molar-refractivity contribution in [3.05, 3.63) is 23.3 Å². The van der Waals surface area contributed by atoms with Crippen molar-refractivity contribution in [2.24, 2.45) is 11.1 Å². The van der Waals surface area contributed by atoms with Gasteiger partial charge in [-0.2, -0.15) is 0 Å². The zero-order valence-corrected chi connectivity index (χ0v) is 9.90. The SMILES string of the molecule is CC(=O)ON=C1C=C(C(C)C)C(=O)C=C1C. The molecule has 0 N–H and O–H groups in total. The molecule has 0 fully saturated rings. The van der Waals surface area contributed by atoms with Gasteiger partial charge >= 0.3 is 5.97 Å². The van der Waals surface area contributed by atoms with E-state index in [4.69, 9.17) is 0 Å². The molecule has 0 aliphatic heterocycles. The number of oxime groups is 1. The molecule has 0 aromatic heterocycles. The monoisotopic (exact) mass is 221 g/mol. The molecule has 1 aliphatic carbocycles. The predicted molar refractivity (Wildman–Crippen MR) is 60.9 cm³/mol. The van der Waals surface area contributed by atoms with E-state index in [1.807, 2.05) is 13.8 Å². The molecule has 0 atom stereocenters. The largest absolute Gasteiger partial charge is 0.332 e. The normalized spacial score (nSPS) is 18.6. The third kappa shape index (κ3) is 2.89. The molecular weight excluding hydrogens is 206 g/mol. The Hall–Kier alpha value is -1.71. The fraction of sp³-hybridized carbons (Fsp3) is 0.417. The second-order valence-electron chi connectivity index (χ2n) is 4.01. The van der Waals surface area contributed by atoms with Gasteiger partial charge in [0.25, 0.3) is 0 Å². The molecule has 0 aromatic carbocycles. The third-order valence-electron chi connectivity index (χ3n) is 2.22. The van der Waals surface area contributed by atoms with E-state index in [1.165, 1.54) is 13.0 Å². The van der Waals surface area contributed by atoms with Crippen LogP contribution in [0, 0.1) is 5.92 Å². The second-order valence-corrected chi connectivity index (χ2v) is 4.01. The first kappa shape index (κ1) is 12.4. The molecule has 4 heteroatoms. The Morgan fingerprint density at radius 2 is 2.00 bits per heavy atom. The Labute approximate surface area is 94.7 Å². The summed E-state index contributed by atoms with van der Waals surface area (Å²) in [5.41, 5.74) is 1.91. The van der Waals surface area contributed by atoms with Crippen molar-refractivity contribution in [2.45, 2.75) is 27.7 Å². The first-order chi connectivity index (χ1) is 7.41. The van der Waals surface area contributed by atoms with Gasteiger partial charge in [-0.15, -0.1) is 0 Å². The summed E-state index contributed by atoms with van der Waals surface area (Å²) in [6.07, 6.45) is 3.18. The van der Waals surface area contributed by atoms with Crippen molar-refractivity contribution in [1.29, 1.82) is 0 Å². The zero-order valence-electron chi connectivity index (χ0n) is 9.90. The van der Waals surface area contributed by atoms with Crippen LogP contribution in [0.4, 0.5) is 0 Å². The number of carbonyl (C=O) groups is 2. The average Bonchev–Trinajstić information content (AvgIpc) is 2.15. The number of rotatable bonds is 2. The van der Waals surface area contributed by atoms with Crippen molar-refractivity contribution < 1.29 is 14.4 Å². The molecule has 0 heterocycles. The molecule has 0 unspecified atom stereocenters. The molecule has 0 bridgehead atoms. The molecule has 0 amide bonds. The van der Waals surface area contributed by atoms with Crippen LogP contribution in [0.25, 0.3) is 0 Å². The maximum Gasteiger partial charge on any atom is 0.332 e. The van der Waals surface area contributed by atoms with E-state index in [1.54, 1.807) is 13.0 Å². The van der Waals surface area contributed by atoms with Crippen LogP contribution in [0.2, 0.25) is 0 Å². The lowest BCUT2D eigenvalue weighted by molar-refractivity contribution is -0.140. The van der Waals surface area contributed by atoms with E-state index in [2.05, 4.69) is 9.99 Å². The van der Waals surface area contributed by atoms with Gasteiger partial charge in [0.15, 0.2) is 5.78 Å². The average molecular weight is 221 g/mol. The van der Waals surface area contributed by atoms with E-state index in [0.717, 1.165) is 0 Å². The fourth-order valence-electron chi connectivity index (χ4n) is 1.35. The van der Waals surface area contributed by atoms with Crippen LogP contribution in [0.5, 0.6) is 0 Å². The van der Waals surface area contributed by atoms with Crippen LogP contribution in [-0.4, -0.2) is 17.5 Å². The Kier molecular flexibility index (Phi) is 3.77. The summed E-state index contributed by atoms with van der Waals surface area (Å²) in [5, 5.41) is 3.70. The van der Waals surface area contributed by atoms with Crippen molar-refractivity contribution >= 4 is 17.5 Å². The topological polar surface area (TPSA) is 55.7 Å². The molecule has 0 spiro atoms. The standard InChI is InChI=1S/C12H15NO3/c1-7(2)10-6-11(13-16-9(4)14)8(3)5-12(10)15/h5-7H,1-4H3. The number of hydrogen-bond acceptors (Lipinski definition) is 4. The highest BCUT2D eigenvalue weighted by atomic mass is 16.7. The highest BCUT2D eigenvalue weighted by Crippen LogP contribution is 2.19. The van der Waals surface area contributed by atoms with Crippen LogP contribution in [0.15, 0.2) is 28.5 Å². The van der Waals surface area contributed by atoms with Gasteiger partial charge in [0.1, 0.15) is 5.71 Å². The maximum absolute atomic E-state index is 11.6. The first-order valence-electron chi connectivity index (χ1n) is 5.12. The van der Waals surface area contributed by atoms with Crippen LogP contribution in [0.3, 0.4) is 0 Å². The van der Waals surface area contributed by atoms with Crippen molar-refractivity contribution in [1.82, 2.24) is 0 Å². The van der Waals surface area contributed by atoms with E-state index in [0.29, 0.717) is 16.9 Å². The lowest BCUT2D eigenvalue weighted by Crippen LogP contribution is -2.16. The molecule has 0 aromatic rings. The minimum Gasteiger partial charge on any atom is -0.318 e. The highest BCUT2D eigenvalue weighted by molar-refractivity contribution is 6.21. The minimum absolute atomic E-state index is 0.00530. The number of ketones is 1. The van der Waals surface area contributed by atoms with Crippen LogP contribution in [-0.2, 0) is 14.4 Å². The molecule has 86 valence electrons. The smallest absolute Gasteiger partial charge is 0.318 e. The number of hydrogen-bond donors (Lipinski definition) is 0. The van der Waals surface area contributed by atoms with Gasteiger partial charge in [0, 0.05) is 12.5 Å². The van der Waals surface area contributed by atoms with Crippen molar-refractivity contribution in [3.8, 4) is 0 Å². The summed E-state index contributed by atoms with van der Waals surface area (Å²) in [5.74, 6) is -0.356. The Morgan fingerprint density at radius 3 is 2.50 bits per heavy atom. The highest BCUT2D eigenvalue weighted by Gasteiger charge is 2.19.